The van der Waals surface area contributed by atoms with Gasteiger partial charge in [-0.15, -0.1) is 0 Å². The van der Waals surface area contributed by atoms with E-state index >= 15 is 0 Å². The van der Waals surface area contributed by atoms with Gasteiger partial charge in [0.2, 0.25) is 5.88 Å². The molecule has 4 heteroatoms. The maximum atomic E-state index is 6.08. The molecule has 0 unspecified atom stereocenters. The standard InChI is InChI=1S/C16H25N3O/c1-12-9-13(11-17-14-3-4-14)10-16(18-12)20-15-5-7-19(2)8-6-15/h9-10,14-15,17H,3-8,11H2,1-2H3. The van der Waals surface area contributed by atoms with Gasteiger partial charge in [-0.3, -0.25) is 0 Å². The van der Waals surface area contributed by atoms with E-state index in [0.29, 0.717) is 6.10 Å². The molecule has 3 rings (SSSR count). The van der Waals surface area contributed by atoms with Gasteiger partial charge in [-0.2, -0.15) is 0 Å². The number of hydrogen-bond donors (Lipinski definition) is 1. The van der Waals surface area contributed by atoms with Crippen LogP contribution in [-0.2, 0) is 6.54 Å². The number of nitrogens with zero attached hydrogens (tertiary/aromatic N) is 2. The summed E-state index contributed by atoms with van der Waals surface area (Å²) in [6.07, 6.45) is 5.17. The van der Waals surface area contributed by atoms with Gasteiger partial charge in [0.1, 0.15) is 6.10 Å². The summed E-state index contributed by atoms with van der Waals surface area (Å²) in [6, 6.07) is 4.99. The lowest BCUT2D eigenvalue weighted by atomic mass is 10.1. The van der Waals surface area contributed by atoms with Crippen LogP contribution >= 0.6 is 0 Å². The van der Waals surface area contributed by atoms with Crippen LogP contribution in [0.1, 0.15) is 36.9 Å². The van der Waals surface area contributed by atoms with E-state index in [0.717, 1.165) is 50.1 Å². The van der Waals surface area contributed by atoms with E-state index in [1.165, 1.54) is 18.4 Å². The molecule has 0 aromatic carbocycles. The summed E-state index contributed by atoms with van der Waals surface area (Å²) in [5, 5.41) is 3.55. The van der Waals surface area contributed by atoms with Gasteiger partial charge in [-0.1, -0.05) is 0 Å². The second-order valence-electron chi connectivity index (χ2n) is 6.23. The van der Waals surface area contributed by atoms with Crippen LogP contribution in [-0.4, -0.2) is 42.2 Å². The predicted octanol–water partition coefficient (Wildman–Crippen LogP) is 2.12. The summed E-state index contributed by atoms with van der Waals surface area (Å²) >= 11 is 0. The molecule has 1 aromatic rings. The second-order valence-corrected chi connectivity index (χ2v) is 6.23. The molecule has 110 valence electrons. The first-order valence-corrected chi connectivity index (χ1v) is 7.75. The van der Waals surface area contributed by atoms with Gasteiger partial charge in [0, 0.05) is 37.4 Å². The Hall–Kier alpha value is -1.13. The Kier molecular flexibility index (Phi) is 4.22. The van der Waals surface area contributed by atoms with Crippen LogP contribution in [0, 0.1) is 6.92 Å². The summed E-state index contributed by atoms with van der Waals surface area (Å²) in [7, 11) is 2.17. The molecule has 1 saturated heterocycles. The fraction of sp³-hybridized carbons (Fsp3) is 0.688. The van der Waals surface area contributed by atoms with Crippen molar-refractivity contribution >= 4 is 0 Å². The number of rotatable bonds is 5. The Morgan fingerprint density at radius 2 is 2.00 bits per heavy atom. The molecule has 20 heavy (non-hydrogen) atoms. The van der Waals surface area contributed by atoms with Gasteiger partial charge in [-0.25, -0.2) is 4.98 Å². The molecule has 1 aliphatic carbocycles. The summed E-state index contributed by atoms with van der Waals surface area (Å²) in [5.74, 6) is 0.798. The molecule has 4 nitrogen and oxygen atoms in total. The van der Waals surface area contributed by atoms with E-state index in [9.17, 15) is 0 Å². The number of aromatic nitrogens is 1. The van der Waals surface area contributed by atoms with E-state index in [1.807, 2.05) is 6.92 Å². The minimum Gasteiger partial charge on any atom is -0.474 e. The summed E-state index contributed by atoms with van der Waals surface area (Å²) in [4.78, 5) is 6.88. The maximum absolute atomic E-state index is 6.08. The zero-order chi connectivity index (χ0) is 13.9. The van der Waals surface area contributed by atoms with Crippen molar-refractivity contribution in [1.29, 1.82) is 0 Å². The summed E-state index contributed by atoms with van der Waals surface area (Å²) < 4.78 is 6.08. The highest BCUT2D eigenvalue weighted by atomic mass is 16.5. The summed E-state index contributed by atoms with van der Waals surface area (Å²) in [6.45, 7) is 5.21. The molecular weight excluding hydrogens is 250 g/mol. The Balaban J connectivity index is 1.59. The van der Waals surface area contributed by atoms with Crippen LogP contribution in [0.15, 0.2) is 12.1 Å². The molecule has 0 bridgehead atoms. The average molecular weight is 275 g/mol. The highest BCUT2D eigenvalue weighted by Gasteiger charge is 2.21. The molecule has 1 aliphatic heterocycles. The van der Waals surface area contributed by atoms with Gasteiger partial charge >= 0.3 is 0 Å². The lowest BCUT2D eigenvalue weighted by molar-refractivity contribution is 0.110. The fourth-order valence-corrected chi connectivity index (χ4v) is 2.69. The maximum Gasteiger partial charge on any atom is 0.214 e. The van der Waals surface area contributed by atoms with Crippen LogP contribution in [0.3, 0.4) is 0 Å². The molecule has 1 saturated carbocycles. The summed E-state index contributed by atoms with van der Waals surface area (Å²) in [5.41, 5.74) is 2.33. The fourth-order valence-electron chi connectivity index (χ4n) is 2.69. The number of pyridine rings is 1. The van der Waals surface area contributed by atoms with Crippen molar-refractivity contribution in [2.45, 2.75) is 51.3 Å². The first-order valence-electron chi connectivity index (χ1n) is 7.75. The number of nitrogens with one attached hydrogen (secondary N) is 1. The highest BCUT2D eigenvalue weighted by Crippen LogP contribution is 2.21. The van der Waals surface area contributed by atoms with Gasteiger partial charge in [-0.05, 0) is 51.3 Å². The lowest BCUT2D eigenvalue weighted by Crippen LogP contribution is -2.35. The molecule has 1 aromatic heterocycles. The monoisotopic (exact) mass is 275 g/mol. The molecule has 0 spiro atoms. The first kappa shape index (κ1) is 13.8. The van der Waals surface area contributed by atoms with E-state index in [4.69, 9.17) is 4.74 Å². The van der Waals surface area contributed by atoms with Crippen molar-refractivity contribution in [3.8, 4) is 5.88 Å². The molecule has 0 amide bonds. The van der Waals surface area contributed by atoms with E-state index in [1.54, 1.807) is 0 Å². The third-order valence-electron chi connectivity index (χ3n) is 4.11. The lowest BCUT2D eigenvalue weighted by Gasteiger charge is -2.29. The van der Waals surface area contributed by atoms with E-state index in [2.05, 4.69) is 34.4 Å². The van der Waals surface area contributed by atoms with Crippen LogP contribution in [0.5, 0.6) is 5.88 Å². The molecule has 0 radical (unpaired) electrons. The zero-order valence-corrected chi connectivity index (χ0v) is 12.6. The van der Waals surface area contributed by atoms with Crippen molar-refractivity contribution in [3.05, 3.63) is 23.4 Å². The molecular formula is C16H25N3O. The van der Waals surface area contributed by atoms with Crippen LogP contribution < -0.4 is 10.1 Å². The SMILES string of the molecule is Cc1cc(CNC2CC2)cc(OC2CCN(C)CC2)n1. The van der Waals surface area contributed by atoms with Crippen molar-refractivity contribution in [3.63, 3.8) is 0 Å². The Morgan fingerprint density at radius 3 is 2.70 bits per heavy atom. The van der Waals surface area contributed by atoms with Crippen LogP contribution in [0.25, 0.3) is 0 Å². The number of aryl methyl sites for hydroxylation is 1. The normalized spacial score (nSPS) is 21.1. The molecule has 2 fully saturated rings. The Morgan fingerprint density at radius 1 is 1.25 bits per heavy atom. The molecule has 2 aliphatic rings. The Labute approximate surface area is 121 Å². The molecule has 2 heterocycles. The van der Waals surface area contributed by atoms with Gasteiger partial charge < -0.3 is 15.0 Å². The highest BCUT2D eigenvalue weighted by molar-refractivity contribution is 5.25. The smallest absolute Gasteiger partial charge is 0.214 e. The predicted molar refractivity (Wildman–Crippen MR) is 80.0 cm³/mol. The minimum atomic E-state index is 0.324. The van der Waals surface area contributed by atoms with Crippen molar-refractivity contribution in [2.75, 3.05) is 20.1 Å². The Bertz CT molecular complexity index is 451. The van der Waals surface area contributed by atoms with Crippen molar-refractivity contribution < 1.29 is 4.74 Å². The number of likely N-dealkylation sites (tertiary alicyclic amines) is 1. The molecule has 0 atom stereocenters. The van der Waals surface area contributed by atoms with Crippen molar-refractivity contribution in [1.82, 2.24) is 15.2 Å². The third kappa shape index (κ3) is 3.93. The number of ether oxygens (including phenoxy) is 1. The largest absolute Gasteiger partial charge is 0.474 e. The van der Waals surface area contributed by atoms with Crippen LogP contribution in [0.2, 0.25) is 0 Å². The van der Waals surface area contributed by atoms with Crippen LogP contribution in [0.4, 0.5) is 0 Å². The number of hydrogen-bond acceptors (Lipinski definition) is 4. The number of piperidine rings is 1. The average Bonchev–Trinajstić information content (AvgIpc) is 3.23. The molecule has 1 N–H and O–H groups in total. The zero-order valence-electron chi connectivity index (χ0n) is 12.6. The van der Waals surface area contributed by atoms with E-state index in [-0.39, 0.29) is 0 Å². The first-order chi connectivity index (χ1) is 9.69. The van der Waals surface area contributed by atoms with Gasteiger partial charge in [0.05, 0.1) is 0 Å². The quantitative estimate of drug-likeness (QED) is 0.893. The third-order valence-corrected chi connectivity index (χ3v) is 4.11. The van der Waals surface area contributed by atoms with Gasteiger partial charge in [0.15, 0.2) is 0 Å². The second kappa shape index (κ2) is 6.10. The van der Waals surface area contributed by atoms with E-state index < -0.39 is 0 Å². The van der Waals surface area contributed by atoms with Gasteiger partial charge in [0.25, 0.3) is 0 Å². The minimum absolute atomic E-state index is 0.324. The van der Waals surface area contributed by atoms with Crippen molar-refractivity contribution in [2.24, 2.45) is 0 Å². The topological polar surface area (TPSA) is 37.4 Å².